The van der Waals surface area contributed by atoms with Crippen LogP contribution in [-0.2, 0) is 24.8 Å². The molecule has 34 heavy (non-hydrogen) atoms. The van der Waals surface area contributed by atoms with E-state index in [1.54, 1.807) is 48.5 Å². The third-order valence-electron chi connectivity index (χ3n) is 4.98. The van der Waals surface area contributed by atoms with Crippen molar-refractivity contribution in [3.63, 3.8) is 0 Å². The Bertz CT molecular complexity index is 1410. The molecule has 0 heterocycles. The summed E-state index contributed by atoms with van der Waals surface area (Å²) in [6.07, 6.45) is 1.07. The predicted molar refractivity (Wildman–Crippen MR) is 135 cm³/mol. The summed E-state index contributed by atoms with van der Waals surface area (Å²) < 4.78 is 52.5. The van der Waals surface area contributed by atoms with Crippen molar-refractivity contribution in [2.45, 2.75) is 11.8 Å². The molecule has 11 heteroatoms. The van der Waals surface area contributed by atoms with Crippen LogP contribution in [0.4, 0.5) is 17.1 Å². The highest BCUT2D eigenvalue weighted by atomic mass is 35.5. The Morgan fingerprint density at radius 1 is 0.912 bits per heavy atom. The molecule has 3 rings (SSSR count). The van der Waals surface area contributed by atoms with Gasteiger partial charge in [-0.2, -0.15) is 0 Å². The van der Waals surface area contributed by atoms with E-state index in [-0.39, 0.29) is 10.6 Å². The predicted octanol–water partition coefficient (Wildman–Crippen LogP) is 3.88. The summed E-state index contributed by atoms with van der Waals surface area (Å²) >= 11 is 6.08. The van der Waals surface area contributed by atoms with E-state index in [9.17, 15) is 21.6 Å². The van der Waals surface area contributed by atoms with Crippen molar-refractivity contribution in [1.29, 1.82) is 0 Å². The lowest BCUT2D eigenvalue weighted by Crippen LogP contribution is -2.38. The summed E-state index contributed by atoms with van der Waals surface area (Å²) in [5, 5.41) is 2.95. The standard InChI is InChI=1S/C23H24ClN3O5S2/c1-17-10-12-22(13-11-17)34(31,32)27(21-9-4-6-18(24)14-21)16-23(28)25-19-7-5-8-20(15-19)26(2)33(3,29)30/h4-15H,16H2,1-3H3,(H,25,28). The number of halogens is 1. The molecule has 0 bridgehead atoms. The number of sulfonamides is 2. The van der Waals surface area contributed by atoms with Crippen molar-refractivity contribution < 1.29 is 21.6 Å². The number of carbonyl (C=O) groups excluding carboxylic acids is 1. The fourth-order valence-electron chi connectivity index (χ4n) is 3.09. The van der Waals surface area contributed by atoms with Gasteiger partial charge >= 0.3 is 0 Å². The van der Waals surface area contributed by atoms with Gasteiger partial charge in [-0.3, -0.25) is 13.4 Å². The van der Waals surface area contributed by atoms with Gasteiger partial charge in [0.1, 0.15) is 6.54 Å². The average molecular weight is 522 g/mol. The van der Waals surface area contributed by atoms with E-state index < -0.39 is 32.5 Å². The monoisotopic (exact) mass is 521 g/mol. The van der Waals surface area contributed by atoms with Gasteiger partial charge in [0.2, 0.25) is 15.9 Å². The van der Waals surface area contributed by atoms with Crippen LogP contribution in [0.25, 0.3) is 0 Å². The minimum atomic E-state index is -4.09. The molecule has 0 saturated heterocycles. The molecule has 0 aromatic heterocycles. The van der Waals surface area contributed by atoms with E-state index in [1.165, 1.54) is 31.3 Å². The zero-order chi connectivity index (χ0) is 25.1. The van der Waals surface area contributed by atoms with Crippen LogP contribution >= 0.6 is 11.6 Å². The highest BCUT2D eigenvalue weighted by Crippen LogP contribution is 2.27. The smallest absolute Gasteiger partial charge is 0.264 e. The SMILES string of the molecule is Cc1ccc(S(=O)(=O)N(CC(=O)Nc2cccc(N(C)S(C)(=O)=O)c2)c2cccc(Cl)c2)cc1. The van der Waals surface area contributed by atoms with E-state index in [0.29, 0.717) is 16.4 Å². The number of anilines is 3. The van der Waals surface area contributed by atoms with E-state index in [0.717, 1.165) is 20.4 Å². The van der Waals surface area contributed by atoms with Gasteiger partial charge in [0, 0.05) is 17.8 Å². The molecule has 180 valence electrons. The molecule has 0 aliphatic heterocycles. The first kappa shape index (κ1) is 25.5. The Balaban J connectivity index is 1.92. The largest absolute Gasteiger partial charge is 0.324 e. The van der Waals surface area contributed by atoms with E-state index >= 15 is 0 Å². The number of hydrogen-bond donors (Lipinski definition) is 1. The summed E-state index contributed by atoms with van der Waals surface area (Å²) in [7, 11) is -6.19. The molecule has 0 atom stereocenters. The molecule has 0 aliphatic carbocycles. The average Bonchev–Trinajstić information content (AvgIpc) is 2.76. The molecule has 1 amide bonds. The number of hydrogen-bond acceptors (Lipinski definition) is 5. The van der Waals surface area contributed by atoms with Crippen LogP contribution in [0.1, 0.15) is 5.56 Å². The number of carbonyl (C=O) groups is 1. The van der Waals surface area contributed by atoms with Crippen LogP contribution in [0.5, 0.6) is 0 Å². The summed E-state index contributed by atoms with van der Waals surface area (Å²) in [5.41, 5.74) is 1.79. The van der Waals surface area contributed by atoms with Gasteiger partial charge < -0.3 is 5.32 Å². The first-order chi connectivity index (χ1) is 15.9. The van der Waals surface area contributed by atoms with Crippen LogP contribution in [0.15, 0.2) is 77.7 Å². The Kier molecular flexibility index (Phi) is 7.54. The van der Waals surface area contributed by atoms with E-state index in [2.05, 4.69) is 5.32 Å². The van der Waals surface area contributed by atoms with Crippen LogP contribution in [0.3, 0.4) is 0 Å². The maximum Gasteiger partial charge on any atom is 0.264 e. The Morgan fingerprint density at radius 2 is 1.53 bits per heavy atom. The lowest BCUT2D eigenvalue weighted by atomic mass is 10.2. The van der Waals surface area contributed by atoms with Crippen molar-refractivity contribution in [1.82, 2.24) is 0 Å². The quantitative estimate of drug-likeness (QED) is 0.484. The van der Waals surface area contributed by atoms with Crippen molar-refractivity contribution in [2.24, 2.45) is 0 Å². The third kappa shape index (κ3) is 6.07. The molecule has 8 nitrogen and oxygen atoms in total. The number of benzene rings is 3. The molecule has 0 aliphatic rings. The second-order valence-electron chi connectivity index (χ2n) is 7.63. The van der Waals surface area contributed by atoms with E-state index in [1.807, 2.05) is 6.92 Å². The number of amides is 1. The molecule has 0 saturated carbocycles. The van der Waals surface area contributed by atoms with Crippen molar-refractivity contribution >= 4 is 54.6 Å². The minimum Gasteiger partial charge on any atom is -0.324 e. The Morgan fingerprint density at radius 3 is 2.15 bits per heavy atom. The zero-order valence-electron chi connectivity index (χ0n) is 18.8. The highest BCUT2D eigenvalue weighted by molar-refractivity contribution is 7.93. The van der Waals surface area contributed by atoms with Crippen molar-refractivity contribution in [2.75, 3.05) is 33.8 Å². The lowest BCUT2D eigenvalue weighted by Gasteiger charge is -2.24. The fourth-order valence-corrected chi connectivity index (χ4v) is 5.18. The molecule has 0 fully saturated rings. The van der Waals surface area contributed by atoms with E-state index in [4.69, 9.17) is 11.6 Å². The first-order valence-corrected chi connectivity index (χ1v) is 13.7. The highest BCUT2D eigenvalue weighted by Gasteiger charge is 2.27. The van der Waals surface area contributed by atoms with Gasteiger partial charge in [0.15, 0.2) is 0 Å². The fraction of sp³-hybridized carbons (Fsp3) is 0.174. The molecule has 1 N–H and O–H groups in total. The van der Waals surface area contributed by atoms with Gasteiger partial charge in [-0.25, -0.2) is 16.8 Å². The number of rotatable bonds is 8. The maximum absolute atomic E-state index is 13.4. The normalized spacial score (nSPS) is 11.6. The second kappa shape index (κ2) is 10.0. The van der Waals surface area contributed by atoms with Gasteiger partial charge in [-0.1, -0.05) is 41.4 Å². The van der Waals surface area contributed by atoms with Crippen LogP contribution in [0, 0.1) is 6.92 Å². The van der Waals surface area contributed by atoms with Crippen molar-refractivity contribution in [3.8, 4) is 0 Å². The van der Waals surface area contributed by atoms with Crippen LogP contribution < -0.4 is 13.9 Å². The summed E-state index contributed by atoms with van der Waals surface area (Å²) in [5.74, 6) is -0.616. The van der Waals surface area contributed by atoms with Gasteiger partial charge in [0.25, 0.3) is 10.0 Å². The molecule has 0 radical (unpaired) electrons. The minimum absolute atomic E-state index is 0.0302. The number of nitrogens with zero attached hydrogens (tertiary/aromatic N) is 2. The number of aryl methyl sites for hydroxylation is 1. The second-order valence-corrected chi connectivity index (χ2v) is 11.9. The molecular weight excluding hydrogens is 498 g/mol. The molecule has 3 aromatic rings. The summed E-state index contributed by atoms with van der Waals surface area (Å²) in [6, 6.07) is 18.7. The Labute approximate surface area is 204 Å². The molecule has 0 spiro atoms. The van der Waals surface area contributed by atoms with Crippen molar-refractivity contribution in [3.05, 3.63) is 83.4 Å². The molecule has 0 unspecified atom stereocenters. The van der Waals surface area contributed by atoms with Gasteiger partial charge in [-0.05, 0) is 55.5 Å². The molecular formula is C23H24ClN3O5S2. The number of nitrogens with one attached hydrogen (secondary N) is 1. The van der Waals surface area contributed by atoms with Crippen LogP contribution in [0.2, 0.25) is 5.02 Å². The summed E-state index contributed by atoms with van der Waals surface area (Å²) in [6.45, 7) is 1.32. The first-order valence-electron chi connectivity index (χ1n) is 10.1. The van der Waals surface area contributed by atoms with Crippen LogP contribution in [-0.4, -0.2) is 42.6 Å². The summed E-state index contributed by atoms with van der Waals surface area (Å²) in [4.78, 5) is 12.9. The third-order valence-corrected chi connectivity index (χ3v) is 8.21. The molecule has 3 aromatic carbocycles. The van der Waals surface area contributed by atoms with Gasteiger partial charge in [-0.15, -0.1) is 0 Å². The maximum atomic E-state index is 13.4. The lowest BCUT2D eigenvalue weighted by molar-refractivity contribution is -0.114. The van der Waals surface area contributed by atoms with Gasteiger partial charge in [0.05, 0.1) is 22.5 Å². The topological polar surface area (TPSA) is 104 Å². The Hall–Kier alpha value is -3.08. The zero-order valence-corrected chi connectivity index (χ0v) is 21.2.